The maximum Gasteiger partial charge on any atom is 0.333 e. The Bertz CT molecular complexity index is 1320. The van der Waals surface area contributed by atoms with E-state index in [0.717, 1.165) is 5.69 Å². The number of hydrogen-bond donors (Lipinski definition) is 3. The van der Waals surface area contributed by atoms with Crippen LogP contribution in [0.3, 0.4) is 0 Å². The number of anilines is 1. The van der Waals surface area contributed by atoms with Gasteiger partial charge >= 0.3 is 10.3 Å². The molecule has 0 bridgehead atoms. The van der Waals surface area contributed by atoms with Crippen LogP contribution >= 0.6 is 15.9 Å². The summed E-state index contributed by atoms with van der Waals surface area (Å²) in [4.78, 5) is 25.9. The molecule has 12 nitrogen and oxygen atoms in total. The molecule has 0 spiro atoms. The zero-order valence-electron chi connectivity index (χ0n) is 18.7. The molecule has 14 heteroatoms. The van der Waals surface area contributed by atoms with E-state index < -0.39 is 22.3 Å². The third-order valence-electron chi connectivity index (χ3n) is 5.80. The molecule has 4 N–H and O–H groups in total. The first-order chi connectivity index (χ1) is 16.6. The number of hydrogen-bond acceptors (Lipinski definition) is 10. The van der Waals surface area contributed by atoms with E-state index in [2.05, 4.69) is 45.5 Å². The molecule has 1 aliphatic carbocycles. The summed E-state index contributed by atoms with van der Waals surface area (Å²) in [6.07, 6.45) is 4.36. The van der Waals surface area contributed by atoms with Crippen molar-refractivity contribution in [2.24, 2.45) is 11.1 Å². The van der Waals surface area contributed by atoms with Crippen LogP contribution in [0.2, 0.25) is 0 Å². The number of rotatable bonds is 9. The molecule has 0 radical (unpaired) electrons. The standard InChI is InChI=1S/C21H24BrN7O5S/c1-12(16-3-2-4-19(22)27-16)29-6-5-17(28-29)20(31)15-9-24-11-25-21(15)26-14-7-13(18(30)8-14)10-34-35(23,32)33/h2-6,9,11-14,18,30H,7-8,10H2,1H3,(H2,23,32,33)(H,24,25,26)/t12-,13-,14-,18+/m1/s1. The lowest BCUT2D eigenvalue weighted by Crippen LogP contribution is -2.24. The Morgan fingerprint density at radius 2 is 2.17 bits per heavy atom. The summed E-state index contributed by atoms with van der Waals surface area (Å²) in [6.45, 7) is 1.70. The molecule has 4 atom stereocenters. The molecule has 3 aromatic heterocycles. The first-order valence-electron chi connectivity index (χ1n) is 10.7. The molecular formula is C21H24BrN7O5S. The predicted octanol–water partition coefficient (Wildman–Crippen LogP) is 1.44. The molecule has 3 aromatic rings. The normalized spacial score (nSPS) is 21.1. The van der Waals surface area contributed by atoms with Gasteiger partial charge in [0.05, 0.1) is 30.0 Å². The highest BCUT2D eigenvalue weighted by Crippen LogP contribution is 2.30. The Morgan fingerprint density at radius 1 is 1.37 bits per heavy atom. The number of carbonyl (C=O) groups is 1. The fourth-order valence-electron chi connectivity index (χ4n) is 3.99. The molecule has 0 aliphatic heterocycles. The maximum atomic E-state index is 13.2. The van der Waals surface area contributed by atoms with E-state index in [4.69, 9.17) is 5.14 Å². The van der Waals surface area contributed by atoms with Crippen LogP contribution in [0, 0.1) is 5.92 Å². The molecule has 0 amide bonds. The molecule has 1 aliphatic rings. The van der Waals surface area contributed by atoms with Crippen LogP contribution in [0.25, 0.3) is 0 Å². The van der Waals surface area contributed by atoms with Gasteiger partial charge in [0, 0.05) is 24.4 Å². The number of aromatic nitrogens is 5. The van der Waals surface area contributed by atoms with E-state index in [1.807, 2.05) is 25.1 Å². The highest BCUT2D eigenvalue weighted by Gasteiger charge is 2.35. The second-order valence-electron chi connectivity index (χ2n) is 8.27. The molecule has 0 saturated heterocycles. The van der Waals surface area contributed by atoms with Gasteiger partial charge in [-0.05, 0) is 53.9 Å². The monoisotopic (exact) mass is 565 g/mol. The van der Waals surface area contributed by atoms with E-state index in [0.29, 0.717) is 23.3 Å². The van der Waals surface area contributed by atoms with Gasteiger partial charge < -0.3 is 10.4 Å². The van der Waals surface area contributed by atoms with Crippen LogP contribution in [0.4, 0.5) is 5.82 Å². The first kappa shape index (κ1) is 25.3. The number of nitrogens with one attached hydrogen (secondary N) is 1. The van der Waals surface area contributed by atoms with Crippen LogP contribution in [0.1, 0.15) is 47.6 Å². The van der Waals surface area contributed by atoms with Gasteiger partial charge in [-0.25, -0.2) is 20.1 Å². The number of nitrogens with two attached hydrogens (primary N) is 1. The van der Waals surface area contributed by atoms with Crippen LogP contribution in [0.15, 0.2) is 47.6 Å². The molecule has 35 heavy (non-hydrogen) atoms. The third-order valence-corrected chi connectivity index (χ3v) is 6.71. The van der Waals surface area contributed by atoms with E-state index in [1.54, 1.807) is 16.9 Å². The van der Waals surface area contributed by atoms with E-state index in [1.165, 1.54) is 12.5 Å². The summed E-state index contributed by atoms with van der Waals surface area (Å²) >= 11 is 3.36. The van der Waals surface area contributed by atoms with Crippen molar-refractivity contribution in [1.82, 2.24) is 24.7 Å². The van der Waals surface area contributed by atoms with E-state index in [-0.39, 0.29) is 35.7 Å². The third kappa shape index (κ3) is 6.27. The highest BCUT2D eigenvalue weighted by atomic mass is 79.9. The van der Waals surface area contributed by atoms with Crippen LogP contribution < -0.4 is 10.5 Å². The summed E-state index contributed by atoms with van der Waals surface area (Å²) in [6, 6.07) is 6.74. The average molecular weight is 566 g/mol. The smallest absolute Gasteiger partial charge is 0.333 e. The lowest BCUT2D eigenvalue weighted by molar-refractivity contribution is 0.101. The fourth-order valence-corrected chi connectivity index (χ4v) is 4.71. The lowest BCUT2D eigenvalue weighted by Gasteiger charge is -2.15. The Balaban J connectivity index is 1.47. The SMILES string of the molecule is C[C@H](c1cccc(Br)n1)n1ccc(C(=O)c2cncnc2N[C@@H]2C[C@H](COS(N)(=O)=O)[C@@H](O)C2)n1. The lowest BCUT2D eigenvalue weighted by atomic mass is 10.1. The zero-order valence-corrected chi connectivity index (χ0v) is 21.1. The highest BCUT2D eigenvalue weighted by molar-refractivity contribution is 9.10. The molecule has 0 aromatic carbocycles. The van der Waals surface area contributed by atoms with Crippen molar-refractivity contribution >= 4 is 37.8 Å². The summed E-state index contributed by atoms with van der Waals surface area (Å²) < 4.78 is 29.1. The summed E-state index contributed by atoms with van der Waals surface area (Å²) in [5.74, 6) is -0.504. The second-order valence-corrected chi connectivity index (χ2v) is 10.3. The van der Waals surface area contributed by atoms with Gasteiger partial charge in [-0.3, -0.25) is 13.7 Å². The number of pyridine rings is 1. The molecule has 3 heterocycles. The van der Waals surface area contributed by atoms with Gasteiger partial charge in [-0.2, -0.15) is 13.5 Å². The van der Waals surface area contributed by atoms with Gasteiger partial charge in [-0.15, -0.1) is 0 Å². The molecule has 0 unspecified atom stereocenters. The Morgan fingerprint density at radius 3 is 2.91 bits per heavy atom. The van der Waals surface area contributed by atoms with Crippen molar-refractivity contribution in [3.05, 3.63) is 64.5 Å². The molecule has 186 valence electrons. The minimum Gasteiger partial charge on any atom is -0.393 e. The topological polar surface area (TPSA) is 175 Å². The van der Waals surface area contributed by atoms with E-state index >= 15 is 0 Å². The van der Waals surface area contributed by atoms with Gasteiger partial charge in [-0.1, -0.05) is 6.07 Å². The Hall–Kier alpha value is -2.78. The fraction of sp³-hybridized carbons (Fsp3) is 0.381. The van der Waals surface area contributed by atoms with Crippen molar-refractivity contribution in [1.29, 1.82) is 0 Å². The predicted molar refractivity (Wildman–Crippen MR) is 129 cm³/mol. The van der Waals surface area contributed by atoms with Crippen LogP contribution in [-0.2, 0) is 14.5 Å². The van der Waals surface area contributed by atoms with Crippen LogP contribution in [-0.4, -0.2) is 62.8 Å². The Labute approximate surface area is 210 Å². The Kier molecular flexibility index (Phi) is 7.56. The molecule has 1 fully saturated rings. The number of ketones is 1. The largest absolute Gasteiger partial charge is 0.393 e. The summed E-state index contributed by atoms with van der Waals surface area (Å²) in [5, 5.41) is 22.8. The van der Waals surface area contributed by atoms with Crippen LogP contribution in [0.5, 0.6) is 0 Å². The van der Waals surface area contributed by atoms with Crippen molar-refractivity contribution in [3.63, 3.8) is 0 Å². The summed E-state index contributed by atoms with van der Waals surface area (Å²) in [5.41, 5.74) is 1.23. The molecular weight excluding hydrogens is 542 g/mol. The number of halogens is 1. The van der Waals surface area contributed by atoms with Gasteiger partial charge in [0.25, 0.3) is 0 Å². The van der Waals surface area contributed by atoms with Crippen molar-refractivity contribution in [3.8, 4) is 0 Å². The van der Waals surface area contributed by atoms with Gasteiger partial charge in [0.15, 0.2) is 0 Å². The van der Waals surface area contributed by atoms with Crippen molar-refractivity contribution in [2.45, 2.75) is 38.0 Å². The number of aliphatic hydroxyl groups excluding tert-OH is 1. The average Bonchev–Trinajstić information content (AvgIpc) is 3.43. The van der Waals surface area contributed by atoms with Crippen molar-refractivity contribution < 1.29 is 22.5 Å². The molecule has 1 saturated carbocycles. The van der Waals surface area contributed by atoms with E-state index in [9.17, 15) is 18.3 Å². The first-order valence-corrected chi connectivity index (χ1v) is 13.0. The number of carbonyl (C=O) groups excluding carboxylic acids is 1. The zero-order chi connectivity index (χ0) is 25.2. The van der Waals surface area contributed by atoms with Gasteiger partial charge in [0.2, 0.25) is 5.78 Å². The quantitative estimate of drug-likeness (QED) is 0.254. The number of aliphatic hydroxyl groups is 1. The van der Waals surface area contributed by atoms with Crippen molar-refractivity contribution in [2.75, 3.05) is 11.9 Å². The number of nitrogens with zero attached hydrogens (tertiary/aromatic N) is 5. The minimum atomic E-state index is -4.10. The molecule has 4 rings (SSSR count). The second kappa shape index (κ2) is 10.5. The summed E-state index contributed by atoms with van der Waals surface area (Å²) in [7, 11) is -4.10. The minimum absolute atomic E-state index is 0.199. The maximum absolute atomic E-state index is 13.2. The van der Waals surface area contributed by atoms with Gasteiger partial charge in [0.1, 0.15) is 22.4 Å².